The first-order chi connectivity index (χ1) is 8.49. The van der Waals surface area contributed by atoms with Gasteiger partial charge in [-0.15, -0.1) is 0 Å². The minimum Gasteiger partial charge on any atom is -0.446 e. The normalized spacial score (nSPS) is 25.3. The fourth-order valence-corrected chi connectivity index (χ4v) is 2.72. The highest BCUT2D eigenvalue weighted by atomic mass is 35.5. The van der Waals surface area contributed by atoms with Crippen LogP contribution in [0.1, 0.15) is 25.3 Å². The van der Waals surface area contributed by atoms with Gasteiger partial charge in [-0.25, -0.2) is 4.79 Å². The number of hydrogen-bond donors (Lipinski definition) is 2. The van der Waals surface area contributed by atoms with Crippen molar-refractivity contribution in [2.45, 2.75) is 31.5 Å². The SMILES string of the molecule is CCC(O)(c1ccccc1Cl)C1CC1OC(N)=O. The zero-order valence-corrected chi connectivity index (χ0v) is 10.9. The lowest BCUT2D eigenvalue weighted by Gasteiger charge is -2.28. The Hall–Kier alpha value is -1.26. The topological polar surface area (TPSA) is 72.6 Å². The quantitative estimate of drug-likeness (QED) is 0.882. The van der Waals surface area contributed by atoms with Crippen LogP contribution in [0.3, 0.4) is 0 Å². The summed E-state index contributed by atoms with van der Waals surface area (Å²) in [7, 11) is 0. The average molecular weight is 270 g/mol. The molecule has 18 heavy (non-hydrogen) atoms. The Kier molecular flexibility index (Phi) is 3.50. The summed E-state index contributed by atoms with van der Waals surface area (Å²) >= 11 is 6.12. The first kappa shape index (κ1) is 13.2. The highest BCUT2D eigenvalue weighted by molar-refractivity contribution is 6.31. The van der Waals surface area contributed by atoms with Crippen LogP contribution in [0.25, 0.3) is 0 Å². The van der Waals surface area contributed by atoms with E-state index < -0.39 is 11.7 Å². The van der Waals surface area contributed by atoms with Gasteiger partial charge in [0.2, 0.25) is 0 Å². The summed E-state index contributed by atoms with van der Waals surface area (Å²) in [5, 5.41) is 11.3. The van der Waals surface area contributed by atoms with E-state index in [0.29, 0.717) is 23.4 Å². The molecule has 3 unspecified atom stereocenters. The van der Waals surface area contributed by atoms with Crippen molar-refractivity contribution in [3.8, 4) is 0 Å². The smallest absolute Gasteiger partial charge is 0.404 e. The fraction of sp³-hybridized carbons (Fsp3) is 0.462. The molecule has 3 atom stereocenters. The average Bonchev–Trinajstić information content (AvgIpc) is 3.07. The fourth-order valence-electron chi connectivity index (χ4n) is 2.42. The summed E-state index contributed by atoms with van der Waals surface area (Å²) in [5.41, 5.74) is 4.58. The number of hydrogen-bond acceptors (Lipinski definition) is 3. The van der Waals surface area contributed by atoms with E-state index in [1.807, 2.05) is 19.1 Å². The number of nitrogens with two attached hydrogens (primary N) is 1. The third-order valence-corrected chi connectivity index (χ3v) is 3.82. The van der Waals surface area contributed by atoms with Crippen molar-refractivity contribution in [2.75, 3.05) is 0 Å². The molecule has 1 aliphatic rings. The van der Waals surface area contributed by atoms with Crippen molar-refractivity contribution in [3.05, 3.63) is 34.9 Å². The zero-order chi connectivity index (χ0) is 13.3. The number of aliphatic hydroxyl groups is 1. The van der Waals surface area contributed by atoms with Gasteiger partial charge in [0.15, 0.2) is 0 Å². The summed E-state index contributed by atoms with van der Waals surface area (Å²) in [6, 6.07) is 7.18. The highest BCUT2D eigenvalue weighted by Crippen LogP contribution is 2.50. The number of ether oxygens (including phenoxy) is 1. The van der Waals surface area contributed by atoms with Crippen molar-refractivity contribution in [1.29, 1.82) is 0 Å². The number of amides is 1. The monoisotopic (exact) mass is 269 g/mol. The maximum atomic E-state index is 10.8. The molecule has 2 rings (SSSR count). The molecule has 0 saturated heterocycles. The van der Waals surface area contributed by atoms with E-state index in [2.05, 4.69) is 0 Å². The van der Waals surface area contributed by atoms with Crippen molar-refractivity contribution >= 4 is 17.7 Å². The lowest BCUT2D eigenvalue weighted by Crippen LogP contribution is -2.30. The molecule has 3 N–H and O–H groups in total. The molecule has 1 aliphatic carbocycles. The number of carbonyl (C=O) groups is 1. The van der Waals surface area contributed by atoms with Gasteiger partial charge in [-0.3, -0.25) is 0 Å². The van der Waals surface area contributed by atoms with Crippen LogP contribution in [-0.2, 0) is 10.3 Å². The van der Waals surface area contributed by atoms with Crippen LogP contribution in [0, 0.1) is 5.92 Å². The molecule has 98 valence electrons. The Bertz CT molecular complexity index is 465. The molecule has 4 nitrogen and oxygen atoms in total. The van der Waals surface area contributed by atoms with Crippen molar-refractivity contribution in [1.82, 2.24) is 0 Å². The van der Waals surface area contributed by atoms with E-state index >= 15 is 0 Å². The lowest BCUT2D eigenvalue weighted by molar-refractivity contribution is -0.00683. The van der Waals surface area contributed by atoms with Crippen LogP contribution < -0.4 is 5.73 Å². The van der Waals surface area contributed by atoms with Gasteiger partial charge in [0.25, 0.3) is 0 Å². The highest BCUT2D eigenvalue weighted by Gasteiger charge is 2.54. The molecule has 1 saturated carbocycles. The van der Waals surface area contributed by atoms with Gasteiger partial charge in [0.1, 0.15) is 6.10 Å². The maximum absolute atomic E-state index is 10.8. The number of halogens is 1. The van der Waals surface area contributed by atoms with Gasteiger partial charge >= 0.3 is 6.09 Å². The molecule has 1 aromatic rings. The summed E-state index contributed by atoms with van der Waals surface area (Å²) in [6.07, 6.45) is -0.0118. The largest absolute Gasteiger partial charge is 0.446 e. The Balaban J connectivity index is 2.23. The first-order valence-electron chi connectivity index (χ1n) is 5.92. The van der Waals surface area contributed by atoms with E-state index in [9.17, 15) is 9.90 Å². The number of rotatable bonds is 4. The van der Waals surface area contributed by atoms with Gasteiger partial charge in [-0.2, -0.15) is 0 Å². The van der Waals surface area contributed by atoms with Crippen molar-refractivity contribution in [2.24, 2.45) is 11.7 Å². The molecule has 0 heterocycles. The van der Waals surface area contributed by atoms with Crippen LogP contribution in [0.2, 0.25) is 5.02 Å². The summed E-state index contributed by atoms with van der Waals surface area (Å²) in [5.74, 6) is -0.144. The molecule has 0 bridgehead atoms. The van der Waals surface area contributed by atoms with Crippen LogP contribution in [0.5, 0.6) is 0 Å². The summed E-state index contributed by atoms with van der Waals surface area (Å²) in [6.45, 7) is 1.88. The van der Waals surface area contributed by atoms with Crippen LogP contribution >= 0.6 is 11.6 Å². The predicted octanol–water partition coefficient (Wildman–Crippen LogP) is 2.42. The van der Waals surface area contributed by atoms with Gasteiger partial charge in [0, 0.05) is 16.5 Å². The molecule has 1 fully saturated rings. The third-order valence-electron chi connectivity index (χ3n) is 3.49. The Morgan fingerprint density at radius 3 is 2.83 bits per heavy atom. The van der Waals surface area contributed by atoms with Crippen LogP contribution in [0.4, 0.5) is 4.79 Å². The Morgan fingerprint density at radius 2 is 2.28 bits per heavy atom. The molecule has 5 heteroatoms. The molecule has 0 spiro atoms. The lowest BCUT2D eigenvalue weighted by atomic mass is 9.86. The maximum Gasteiger partial charge on any atom is 0.404 e. The number of carbonyl (C=O) groups excluding carboxylic acids is 1. The predicted molar refractivity (Wildman–Crippen MR) is 68.2 cm³/mol. The number of primary amides is 1. The van der Waals surface area contributed by atoms with Crippen molar-refractivity contribution in [3.63, 3.8) is 0 Å². The standard InChI is InChI=1S/C13H16ClNO3/c1-2-13(17,8-5-3-4-6-10(8)14)9-7-11(9)18-12(15)16/h3-6,9,11,17H,2,7H2,1H3,(H2,15,16). The minimum absolute atomic E-state index is 0.144. The number of benzene rings is 1. The van der Waals surface area contributed by atoms with E-state index in [4.69, 9.17) is 22.1 Å². The van der Waals surface area contributed by atoms with E-state index in [0.717, 1.165) is 0 Å². The second kappa shape index (κ2) is 4.78. The van der Waals surface area contributed by atoms with Crippen LogP contribution in [0.15, 0.2) is 24.3 Å². The minimum atomic E-state index is -1.07. The summed E-state index contributed by atoms with van der Waals surface area (Å²) in [4.78, 5) is 10.7. The van der Waals surface area contributed by atoms with Gasteiger partial charge in [0.05, 0.1) is 5.60 Å². The Morgan fingerprint density at radius 1 is 1.61 bits per heavy atom. The molecule has 1 aromatic carbocycles. The molecular weight excluding hydrogens is 254 g/mol. The molecule has 1 amide bonds. The molecular formula is C13H16ClNO3. The second-order valence-electron chi connectivity index (χ2n) is 4.58. The van der Waals surface area contributed by atoms with E-state index in [1.165, 1.54) is 0 Å². The van der Waals surface area contributed by atoms with Crippen molar-refractivity contribution < 1.29 is 14.6 Å². The second-order valence-corrected chi connectivity index (χ2v) is 4.98. The van der Waals surface area contributed by atoms with Gasteiger partial charge in [-0.05, 0) is 18.9 Å². The Labute approximate surface area is 111 Å². The van der Waals surface area contributed by atoms with E-state index in [1.54, 1.807) is 12.1 Å². The summed E-state index contributed by atoms with van der Waals surface area (Å²) < 4.78 is 4.92. The van der Waals surface area contributed by atoms with E-state index in [-0.39, 0.29) is 12.0 Å². The molecule has 0 aliphatic heterocycles. The van der Waals surface area contributed by atoms with Gasteiger partial charge < -0.3 is 15.6 Å². The first-order valence-corrected chi connectivity index (χ1v) is 6.30. The van der Waals surface area contributed by atoms with Gasteiger partial charge in [-0.1, -0.05) is 36.7 Å². The molecule has 0 radical (unpaired) electrons. The molecule has 0 aromatic heterocycles. The zero-order valence-electron chi connectivity index (χ0n) is 10.1. The third kappa shape index (κ3) is 2.31. The van der Waals surface area contributed by atoms with Crippen LogP contribution in [-0.4, -0.2) is 17.3 Å².